The molecule has 2 N–H and O–H groups in total. The van der Waals surface area contributed by atoms with E-state index < -0.39 is 0 Å². The Morgan fingerprint density at radius 2 is 1.95 bits per heavy atom. The van der Waals surface area contributed by atoms with Crippen molar-refractivity contribution in [2.45, 2.75) is 0 Å². The third-order valence-corrected chi connectivity index (χ3v) is 3.23. The summed E-state index contributed by atoms with van der Waals surface area (Å²) < 4.78 is 0. The third-order valence-electron chi connectivity index (χ3n) is 3.23. The minimum atomic E-state index is 0.804. The van der Waals surface area contributed by atoms with Gasteiger partial charge in [0, 0.05) is 23.5 Å². The summed E-state index contributed by atoms with van der Waals surface area (Å²) in [5.74, 6) is 0. The van der Waals surface area contributed by atoms with Crippen LogP contribution in [0.25, 0.3) is 33.7 Å². The number of nitrogens with zero attached hydrogens (tertiary/aromatic N) is 3. The molecule has 0 aliphatic rings. The molecule has 5 heteroatoms. The van der Waals surface area contributed by atoms with Crippen LogP contribution in [0.3, 0.4) is 0 Å². The molecule has 0 bridgehead atoms. The molecule has 4 aromatic rings. The summed E-state index contributed by atoms with van der Waals surface area (Å²) in [6.07, 6.45) is 5.37. The molecular weight excluding hydrogens is 250 g/mol. The Labute approximate surface area is 114 Å². The van der Waals surface area contributed by atoms with Crippen molar-refractivity contribution >= 4 is 11.2 Å². The molecule has 0 saturated carbocycles. The van der Waals surface area contributed by atoms with Gasteiger partial charge in [-0.1, -0.05) is 18.2 Å². The topological polar surface area (TPSA) is 70.2 Å². The van der Waals surface area contributed by atoms with Crippen LogP contribution in [0, 0.1) is 0 Å². The molecule has 1 aromatic carbocycles. The van der Waals surface area contributed by atoms with Crippen molar-refractivity contribution in [3.8, 4) is 22.5 Å². The van der Waals surface area contributed by atoms with Gasteiger partial charge in [-0.2, -0.15) is 5.10 Å². The van der Waals surface area contributed by atoms with Crippen molar-refractivity contribution in [2.75, 3.05) is 0 Å². The first-order valence-electron chi connectivity index (χ1n) is 6.30. The smallest absolute Gasteiger partial charge is 0.156 e. The lowest BCUT2D eigenvalue weighted by Gasteiger charge is -2.03. The van der Waals surface area contributed by atoms with Crippen LogP contribution in [0.5, 0.6) is 0 Å². The largest absolute Gasteiger partial charge is 0.345 e. The maximum atomic E-state index is 4.61. The summed E-state index contributed by atoms with van der Waals surface area (Å²) in [4.78, 5) is 12.0. The lowest BCUT2D eigenvalue weighted by Crippen LogP contribution is -1.88. The van der Waals surface area contributed by atoms with Gasteiger partial charge in [-0.15, -0.1) is 0 Å². The standard InChI is InChI=1S/C15H11N5/c1-2-10(12-5-7-18-20-12)8-11(3-1)14-9-17-15-13(19-14)4-6-16-15/h1-9H,(H,16,17)(H,18,20). The molecule has 20 heavy (non-hydrogen) atoms. The first kappa shape index (κ1) is 10.9. The van der Waals surface area contributed by atoms with E-state index in [2.05, 4.69) is 31.2 Å². The van der Waals surface area contributed by atoms with Gasteiger partial charge in [0.25, 0.3) is 0 Å². The second kappa shape index (κ2) is 4.31. The Morgan fingerprint density at radius 1 is 1.00 bits per heavy atom. The van der Waals surface area contributed by atoms with Crippen molar-refractivity contribution in [1.82, 2.24) is 25.1 Å². The van der Waals surface area contributed by atoms with E-state index in [1.165, 1.54) is 0 Å². The molecule has 0 amide bonds. The number of nitrogens with one attached hydrogen (secondary N) is 2. The minimum Gasteiger partial charge on any atom is -0.345 e. The summed E-state index contributed by atoms with van der Waals surface area (Å²) >= 11 is 0. The Hall–Kier alpha value is -2.95. The van der Waals surface area contributed by atoms with Gasteiger partial charge in [0.05, 0.1) is 17.6 Å². The fourth-order valence-corrected chi connectivity index (χ4v) is 2.23. The fourth-order valence-electron chi connectivity index (χ4n) is 2.23. The summed E-state index contributed by atoms with van der Waals surface area (Å²) in [5, 5.41) is 6.94. The molecule has 0 radical (unpaired) electrons. The van der Waals surface area contributed by atoms with Crippen LogP contribution in [0.15, 0.2) is 55.0 Å². The highest BCUT2D eigenvalue weighted by Gasteiger charge is 2.05. The monoisotopic (exact) mass is 261 g/mol. The van der Waals surface area contributed by atoms with E-state index in [1.807, 2.05) is 36.5 Å². The first-order valence-corrected chi connectivity index (χ1v) is 6.30. The zero-order valence-electron chi connectivity index (χ0n) is 10.5. The Bertz CT molecular complexity index is 861. The Balaban J connectivity index is 1.83. The van der Waals surface area contributed by atoms with Crippen molar-refractivity contribution in [3.63, 3.8) is 0 Å². The Kier molecular flexibility index (Phi) is 2.35. The zero-order chi connectivity index (χ0) is 13.4. The molecule has 0 fully saturated rings. The number of benzene rings is 1. The second-order valence-electron chi connectivity index (χ2n) is 4.52. The van der Waals surface area contributed by atoms with Gasteiger partial charge in [0.15, 0.2) is 5.65 Å². The highest BCUT2D eigenvalue weighted by Crippen LogP contribution is 2.24. The first-order chi connectivity index (χ1) is 9.90. The number of rotatable bonds is 2. The van der Waals surface area contributed by atoms with E-state index in [0.717, 1.165) is 33.7 Å². The number of aromatic nitrogens is 5. The van der Waals surface area contributed by atoms with Crippen LogP contribution >= 0.6 is 0 Å². The molecule has 5 nitrogen and oxygen atoms in total. The predicted molar refractivity (Wildman–Crippen MR) is 76.9 cm³/mol. The number of H-pyrrole nitrogens is 2. The molecule has 3 heterocycles. The lowest BCUT2D eigenvalue weighted by atomic mass is 10.1. The molecule has 0 spiro atoms. The molecule has 0 unspecified atom stereocenters. The van der Waals surface area contributed by atoms with Crippen LogP contribution in [0.1, 0.15) is 0 Å². The fraction of sp³-hybridized carbons (Fsp3) is 0. The second-order valence-corrected chi connectivity index (χ2v) is 4.52. The van der Waals surface area contributed by atoms with Crippen molar-refractivity contribution in [3.05, 3.63) is 55.0 Å². The summed E-state index contributed by atoms with van der Waals surface area (Å²) in [5.41, 5.74) is 5.64. The molecule has 0 saturated heterocycles. The van der Waals surface area contributed by atoms with Crippen LogP contribution < -0.4 is 0 Å². The molecule has 0 atom stereocenters. The normalized spacial score (nSPS) is 11.0. The van der Waals surface area contributed by atoms with Gasteiger partial charge in [0.2, 0.25) is 0 Å². The Morgan fingerprint density at radius 3 is 2.85 bits per heavy atom. The average Bonchev–Trinajstić information content (AvgIpc) is 3.18. The molecule has 0 aliphatic carbocycles. The van der Waals surface area contributed by atoms with Crippen LogP contribution in [-0.4, -0.2) is 25.1 Å². The highest BCUT2D eigenvalue weighted by atomic mass is 15.1. The third kappa shape index (κ3) is 1.76. The predicted octanol–water partition coefficient (Wildman–Crippen LogP) is 3.02. The van der Waals surface area contributed by atoms with E-state index in [1.54, 1.807) is 12.4 Å². The van der Waals surface area contributed by atoms with E-state index in [9.17, 15) is 0 Å². The van der Waals surface area contributed by atoms with Gasteiger partial charge in [-0.25, -0.2) is 9.97 Å². The number of aromatic amines is 2. The van der Waals surface area contributed by atoms with Crippen molar-refractivity contribution < 1.29 is 0 Å². The zero-order valence-corrected chi connectivity index (χ0v) is 10.5. The summed E-state index contributed by atoms with van der Waals surface area (Å²) in [6, 6.07) is 12.0. The number of fused-ring (bicyclic) bond motifs is 1. The summed E-state index contributed by atoms with van der Waals surface area (Å²) in [7, 11) is 0. The van der Waals surface area contributed by atoms with E-state index >= 15 is 0 Å². The quantitative estimate of drug-likeness (QED) is 0.582. The van der Waals surface area contributed by atoms with Gasteiger partial charge in [-0.3, -0.25) is 5.10 Å². The van der Waals surface area contributed by atoms with Crippen LogP contribution in [0.2, 0.25) is 0 Å². The van der Waals surface area contributed by atoms with E-state index in [0.29, 0.717) is 0 Å². The van der Waals surface area contributed by atoms with Crippen LogP contribution in [-0.2, 0) is 0 Å². The SMILES string of the molecule is c1cc(-c2cnc3[nH]ccc3n2)cc(-c2ccn[nH]2)c1. The van der Waals surface area contributed by atoms with Gasteiger partial charge >= 0.3 is 0 Å². The molecule has 96 valence electrons. The van der Waals surface area contributed by atoms with Crippen molar-refractivity contribution in [2.24, 2.45) is 0 Å². The van der Waals surface area contributed by atoms with Crippen molar-refractivity contribution in [1.29, 1.82) is 0 Å². The highest BCUT2D eigenvalue weighted by molar-refractivity contribution is 5.75. The van der Waals surface area contributed by atoms with Gasteiger partial charge < -0.3 is 4.98 Å². The molecule has 3 aromatic heterocycles. The maximum Gasteiger partial charge on any atom is 0.156 e. The van der Waals surface area contributed by atoms with E-state index in [-0.39, 0.29) is 0 Å². The molecule has 4 rings (SSSR count). The maximum absolute atomic E-state index is 4.61. The average molecular weight is 261 g/mol. The van der Waals surface area contributed by atoms with Gasteiger partial charge in [0.1, 0.15) is 5.52 Å². The van der Waals surface area contributed by atoms with E-state index in [4.69, 9.17) is 0 Å². The number of hydrogen-bond acceptors (Lipinski definition) is 3. The molecular formula is C15H11N5. The lowest BCUT2D eigenvalue weighted by molar-refractivity contribution is 1.10. The van der Waals surface area contributed by atoms with Crippen LogP contribution in [0.4, 0.5) is 0 Å². The van der Waals surface area contributed by atoms with Gasteiger partial charge in [-0.05, 0) is 18.2 Å². The molecule has 0 aliphatic heterocycles. The minimum absolute atomic E-state index is 0.804. The summed E-state index contributed by atoms with van der Waals surface area (Å²) in [6.45, 7) is 0. The number of hydrogen-bond donors (Lipinski definition) is 2.